The molecule has 0 radical (unpaired) electrons. The number of hydrogen-bond acceptors (Lipinski definition) is 2. The molecule has 2 aliphatic rings. The molecule has 0 atom stereocenters. The SMILES string of the molecule is CC1(c2ccc(N(c3ccc(-c4ccccc4)cc3)c3ccc4c(c3)c3c(c5ccccc54)C=CCC3)c3c2oc2ccccc23)c2ccccc2-c2ccccc21. The molecule has 58 heavy (non-hydrogen) atoms. The van der Waals surface area contributed by atoms with Crippen LogP contribution in [0.15, 0.2) is 192 Å². The molecule has 0 amide bonds. The number of aryl methyl sites for hydroxylation is 1. The minimum Gasteiger partial charge on any atom is -0.456 e. The second-order valence-corrected chi connectivity index (χ2v) is 16.0. The number of furan rings is 1. The van der Waals surface area contributed by atoms with E-state index in [4.69, 9.17) is 4.42 Å². The maximum atomic E-state index is 7.09. The number of fused-ring (bicyclic) bond motifs is 12. The molecule has 0 saturated carbocycles. The number of nitrogens with zero attached hydrogens (tertiary/aromatic N) is 1. The van der Waals surface area contributed by atoms with Gasteiger partial charge in [0.25, 0.3) is 0 Å². The van der Waals surface area contributed by atoms with Gasteiger partial charge in [-0.1, -0.05) is 158 Å². The van der Waals surface area contributed by atoms with Crippen molar-refractivity contribution in [2.24, 2.45) is 0 Å². The summed E-state index contributed by atoms with van der Waals surface area (Å²) in [6.45, 7) is 2.38. The maximum absolute atomic E-state index is 7.09. The van der Waals surface area contributed by atoms with Gasteiger partial charge in [0.05, 0.1) is 11.1 Å². The summed E-state index contributed by atoms with van der Waals surface area (Å²) in [6.07, 6.45) is 6.74. The summed E-state index contributed by atoms with van der Waals surface area (Å²) in [5, 5.41) is 7.47. The second kappa shape index (κ2) is 12.7. The normalized spacial score (nSPS) is 13.9. The molecule has 12 rings (SSSR count). The van der Waals surface area contributed by atoms with Crippen molar-refractivity contribution in [3.63, 3.8) is 0 Å². The van der Waals surface area contributed by atoms with Gasteiger partial charge in [0.2, 0.25) is 0 Å². The molecule has 0 bridgehead atoms. The number of rotatable bonds is 5. The molecule has 1 heterocycles. The second-order valence-electron chi connectivity index (χ2n) is 16.0. The molecular formula is C56H39NO. The van der Waals surface area contributed by atoms with Crippen LogP contribution in [0.4, 0.5) is 17.1 Å². The van der Waals surface area contributed by atoms with Gasteiger partial charge in [-0.3, -0.25) is 0 Å². The van der Waals surface area contributed by atoms with E-state index in [1.165, 1.54) is 71.6 Å². The van der Waals surface area contributed by atoms with Crippen molar-refractivity contribution in [3.8, 4) is 22.3 Å². The first-order valence-corrected chi connectivity index (χ1v) is 20.4. The van der Waals surface area contributed by atoms with Crippen molar-refractivity contribution < 1.29 is 4.42 Å². The molecule has 0 unspecified atom stereocenters. The van der Waals surface area contributed by atoms with E-state index in [0.717, 1.165) is 51.8 Å². The van der Waals surface area contributed by atoms with E-state index < -0.39 is 5.41 Å². The molecule has 274 valence electrons. The molecule has 10 aromatic rings. The summed E-state index contributed by atoms with van der Waals surface area (Å²) >= 11 is 0. The van der Waals surface area contributed by atoms with Crippen LogP contribution >= 0.6 is 0 Å². The van der Waals surface area contributed by atoms with Gasteiger partial charge in [0.15, 0.2) is 0 Å². The molecule has 1 aromatic heterocycles. The smallest absolute Gasteiger partial charge is 0.141 e. The lowest BCUT2D eigenvalue weighted by Gasteiger charge is -2.31. The van der Waals surface area contributed by atoms with Crippen LogP contribution in [0.3, 0.4) is 0 Å². The van der Waals surface area contributed by atoms with Gasteiger partial charge in [-0.25, -0.2) is 0 Å². The predicted molar refractivity (Wildman–Crippen MR) is 244 cm³/mol. The third-order valence-corrected chi connectivity index (χ3v) is 13.0. The largest absolute Gasteiger partial charge is 0.456 e. The Bertz CT molecular complexity index is 3250. The zero-order valence-corrected chi connectivity index (χ0v) is 32.2. The average molecular weight is 742 g/mol. The minimum absolute atomic E-state index is 0.420. The van der Waals surface area contributed by atoms with Gasteiger partial charge in [0.1, 0.15) is 11.2 Å². The Morgan fingerprint density at radius 2 is 1.12 bits per heavy atom. The lowest BCUT2D eigenvalue weighted by atomic mass is 9.73. The number of para-hydroxylation sites is 1. The zero-order chi connectivity index (χ0) is 38.4. The molecule has 2 heteroatoms. The fraction of sp³-hybridized carbons (Fsp3) is 0.0714. The molecule has 0 N–H and O–H groups in total. The number of allylic oxidation sites excluding steroid dienone is 1. The highest BCUT2D eigenvalue weighted by Crippen LogP contribution is 2.56. The van der Waals surface area contributed by atoms with E-state index in [1.54, 1.807) is 0 Å². The summed E-state index contributed by atoms with van der Waals surface area (Å²) < 4.78 is 7.09. The Hall–Kier alpha value is -7.16. The number of benzene rings is 9. The van der Waals surface area contributed by atoms with E-state index in [2.05, 4.69) is 206 Å². The molecule has 2 aliphatic carbocycles. The molecule has 0 spiro atoms. The van der Waals surface area contributed by atoms with Crippen LogP contribution in [0.5, 0.6) is 0 Å². The van der Waals surface area contributed by atoms with Crippen molar-refractivity contribution in [1.29, 1.82) is 0 Å². The van der Waals surface area contributed by atoms with E-state index >= 15 is 0 Å². The fourth-order valence-electron chi connectivity index (χ4n) is 10.3. The monoisotopic (exact) mass is 741 g/mol. The lowest BCUT2D eigenvalue weighted by molar-refractivity contribution is 0.638. The summed E-state index contributed by atoms with van der Waals surface area (Å²) in [4.78, 5) is 2.46. The van der Waals surface area contributed by atoms with E-state index in [-0.39, 0.29) is 0 Å². The molecule has 2 nitrogen and oxygen atoms in total. The van der Waals surface area contributed by atoms with Crippen LogP contribution in [0, 0.1) is 0 Å². The Kier molecular flexibility index (Phi) is 7.22. The van der Waals surface area contributed by atoms with Crippen molar-refractivity contribution in [2.45, 2.75) is 25.2 Å². The first-order chi connectivity index (χ1) is 28.7. The van der Waals surface area contributed by atoms with Gasteiger partial charge >= 0.3 is 0 Å². The van der Waals surface area contributed by atoms with Crippen LogP contribution in [0.25, 0.3) is 71.8 Å². The summed E-state index contributed by atoms with van der Waals surface area (Å²) in [7, 11) is 0. The Morgan fingerprint density at radius 3 is 1.90 bits per heavy atom. The minimum atomic E-state index is -0.420. The van der Waals surface area contributed by atoms with Crippen LogP contribution in [0.1, 0.15) is 41.2 Å². The van der Waals surface area contributed by atoms with Gasteiger partial charge in [-0.2, -0.15) is 0 Å². The first kappa shape index (κ1) is 33.0. The van der Waals surface area contributed by atoms with Crippen LogP contribution in [-0.2, 0) is 11.8 Å². The molecular weight excluding hydrogens is 703 g/mol. The Balaban J connectivity index is 1.14. The van der Waals surface area contributed by atoms with Gasteiger partial charge in [0, 0.05) is 27.7 Å². The van der Waals surface area contributed by atoms with Crippen molar-refractivity contribution in [2.75, 3.05) is 4.90 Å². The Labute approximate surface area is 337 Å². The first-order valence-electron chi connectivity index (χ1n) is 20.4. The fourth-order valence-corrected chi connectivity index (χ4v) is 10.3. The van der Waals surface area contributed by atoms with E-state index in [1.807, 2.05) is 0 Å². The molecule has 0 saturated heterocycles. The topological polar surface area (TPSA) is 16.4 Å². The van der Waals surface area contributed by atoms with Crippen molar-refractivity contribution in [3.05, 3.63) is 216 Å². The summed E-state index contributed by atoms with van der Waals surface area (Å²) in [5.41, 5.74) is 16.2. The maximum Gasteiger partial charge on any atom is 0.141 e. The van der Waals surface area contributed by atoms with E-state index in [9.17, 15) is 0 Å². The van der Waals surface area contributed by atoms with Crippen LogP contribution in [0.2, 0.25) is 0 Å². The average Bonchev–Trinajstić information content (AvgIpc) is 3.81. The predicted octanol–water partition coefficient (Wildman–Crippen LogP) is 15.3. The standard InChI is InChI=1S/C56H39NO/c1-56(49-24-12-9-21-45(49)46-22-10-13-25-50(46)56)51-33-34-52(54-47-23-11-14-26-53(47)58-55(51)54)57(38-29-27-37(28-30-38)36-15-3-2-4-16-36)39-31-32-44-42-19-6-5-17-40(42)41-18-7-8-20-43(41)48(44)35-39/h2-7,9-19,21-35H,8,20H2,1H3. The lowest BCUT2D eigenvalue weighted by Crippen LogP contribution is -2.23. The van der Waals surface area contributed by atoms with Crippen molar-refractivity contribution in [1.82, 2.24) is 0 Å². The van der Waals surface area contributed by atoms with Crippen molar-refractivity contribution >= 4 is 66.6 Å². The number of hydrogen-bond donors (Lipinski definition) is 0. The van der Waals surface area contributed by atoms with Gasteiger partial charge < -0.3 is 9.32 Å². The highest BCUT2D eigenvalue weighted by molar-refractivity contribution is 6.17. The van der Waals surface area contributed by atoms with Gasteiger partial charge in [-0.05, 0) is 122 Å². The summed E-state index contributed by atoms with van der Waals surface area (Å²) in [5.74, 6) is 0. The van der Waals surface area contributed by atoms with Gasteiger partial charge in [-0.15, -0.1) is 0 Å². The Morgan fingerprint density at radius 1 is 0.500 bits per heavy atom. The molecule has 0 fully saturated rings. The zero-order valence-electron chi connectivity index (χ0n) is 32.2. The quantitative estimate of drug-likeness (QED) is 0.163. The third kappa shape index (κ3) is 4.72. The third-order valence-electron chi connectivity index (χ3n) is 13.0. The number of anilines is 3. The van der Waals surface area contributed by atoms with Crippen LogP contribution < -0.4 is 4.90 Å². The highest BCUT2D eigenvalue weighted by Gasteiger charge is 2.43. The van der Waals surface area contributed by atoms with Crippen LogP contribution in [-0.4, -0.2) is 0 Å². The highest BCUT2D eigenvalue weighted by atomic mass is 16.3. The molecule has 0 aliphatic heterocycles. The van der Waals surface area contributed by atoms with E-state index in [0.29, 0.717) is 0 Å². The summed E-state index contributed by atoms with van der Waals surface area (Å²) in [6, 6.07) is 66.7. The molecule has 9 aromatic carbocycles.